The van der Waals surface area contributed by atoms with Crippen LogP contribution in [0.1, 0.15) is 36.2 Å². The molecule has 2 N–H and O–H groups in total. The second-order valence-corrected chi connectivity index (χ2v) is 7.25. The van der Waals surface area contributed by atoms with Crippen molar-refractivity contribution in [2.24, 2.45) is 0 Å². The fourth-order valence-corrected chi connectivity index (χ4v) is 4.17. The summed E-state index contributed by atoms with van der Waals surface area (Å²) in [4.78, 5) is 13.1. The van der Waals surface area contributed by atoms with E-state index in [0.717, 1.165) is 29.5 Å². The van der Waals surface area contributed by atoms with Gasteiger partial charge in [-0.1, -0.05) is 0 Å². The van der Waals surface area contributed by atoms with E-state index in [1.54, 1.807) is 11.3 Å². The number of amides is 1. The zero-order valence-corrected chi connectivity index (χ0v) is 14.8. The molecule has 0 spiro atoms. The maximum atomic E-state index is 11.8. The number of carbonyl (C=O) groups is 1. The van der Waals surface area contributed by atoms with E-state index in [-0.39, 0.29) is 18.0 Å². The van der Waals surface area contributed by atoms with Crippen molar-refractivity contribution in [2.75, 3.05) is 0 Å². The average molecular weight is 383 g/mol. The van der Waals surface area contributed by atoms with E-state index in [2.05, 4.69) is 50.0 Å². The minimum Gasteiger partial charge on any atom is -0.348 e. The highest BCUT2D eigenvalue weighted by Crippen LogP contribution is 2.26. The minimum atomic E-state index is -0.0136. The topological polar surface area (TPSA) is 59.0 Å². The predicted molar refractivity (Wildman–Crippen MR) is 90.7 cm³/mol. The molecule has 0 saturated carbocycles. The Bertz CT molecular complexity index is 654. The number of thiophene rings is 1. The van der Waals surface area contributed by atoms with Gasteiger partial charge in [-0.3, -0.25) is 9.48 Å². The molecule has 2 aromatic rings. The Kier molecular flexibility index (Phi) is 4.95. The molecule has 1 aliphatic heterocycles. The van der Waals surface area contributed by atoms with E-state index >= 15 is 0 Å². The van der Waals surface area contributed by atoms with Crippen LogP contribution in [-0.2, 0) is 17.9 Å². The number of nitrogens with zero attached hydrogens (tertiary/aromatic N) is 2. The lowest BCUT2D eigenvalue weighted by atomic mass is 9.93. The fraction of sp³-hybridized carbons (Fsp3) is 0.467. The van der Waals surface area contributed by atoms with Crippen LogP contribution in [0.15, 0.2) is 28.3 Å². The summed E-state index contributed by atoms with van der Waals surface area (Å²) < 4.78 is 3.03. The minimum absolute atomic E-state index is 0.0136. The van der Waals surface area contributed by atoms with Crippen molar-refractivity contribution in [1.29, 1.82) is 0 Å². The van der Waals surface area contributed by atoms with Gasteiger partial charge < -0.3 is 10.6 Å². The Morgan fingerprint density at radius 3 is 3.14 bits per heavy atom. The third kappa shape index (κ3) is 3.42. The number of piperidine rings is 1. The van der Waals surface area contributed by atoms with E-state index in [4.69, 9.17) is 0 Å². The largest absolute Gasteiger partial charge is 0.348 e. The summed E-state index contributed by atoms with van der Waals surface area (Å²) in [5, 5.41) is 13.1. The lowest BCUT2D eigenvalue weighted by molar-refractivity contribution is -0.123. The molecule has 3 heterocycles. The fourth-order valence-electron chi connectivity index (χ4n) is 2.72. The molecule has 2 aromatic heterocycles. The molecule has 7 heteroatoms. The number of hydrogen-bond donors (Lipinski definition) is 2. The van der Waals surface area contributed by atoms with Gasteiger partial charge in [0.05, 0.1) is 12.2 Å². The Hall–Kier alpha value is -1.18. The first-order chi connectivity index (χ1) is 10.7. The molecule has 5 nitrogen and oxygen atoms in total. The van der Waals surface area contributed by atoms with Crippen molar-refractivity contribution in [1.82, 2.24) is 20.4 Å². The summed E-state index contributed by atoms with van der Waals surface area (Å²) in [5.74, 6) is 0.115. The standard InChI is InChI=1S/C15H19BrN4OS/c1-2-20-9-10(7-18-20)15-12(3-4-14(21)19-15)17-8-13-11(16)5-6-22-13/h5-7,9,12,15,17H,2-4,8H2,1H3,(H,19,21)/t12-,15+/m1/s1. The van der Waals surface area contributed by atoms with Gasteiger partial charge in [0.1, 0.15) is 0 Å². The Labute approximate surface area is 142 Å². The van der Waals surface area contributed by atoms with Crippen molar-refractivity contribution in [3.63, 3.8) is 0 Å². The van der Waals surface area contributed by atoms with Crippen molar-refractivity contribution >= 4 is 33.2 Å². The van der Waals surface area contributed by atoms with Crippen molar-refractivity contribution < 1.29 is 4.79 Å². The summed E-state index contributed by atoms with van der Waals surface area (Å²) in [5.41, 5.74) is 1.07. The first-order valence-electron chi connectivity index (χ1n) is 7.44. The molecule has 1 fully saturated rings. The highest BCUT2D eigenvalue weighted by atomic mass is 79.9. The number of nitrogens with one attached hydrogen (secondary N) is 2. The maximum Gasteiger partial charge on any atom is 0.220 e. The second kappa shape index (κ2) is 6.93. The van der Waals surface area contributed by atoms with Crippen molar-refractivity contribution in [3.05, 3.63) is 38.8 Å². The van der Waals surface area contributed by atoms with E-state index in [0.29, 0.717) is 6.42 Å². The van der Waals surface area contributed by atoms with Crippen LogP contribution in [0.25, 0.3) is 0 Å². The Morgan fingerprint density at radius 1 is 1.59 bits per heavy atom. The van der Waals surface area contributed by atoms with Gasteiger partial charge in [0.2, 0.25) is 5.91 Å². The number of hydrogen-bond acceptors (Lipinski definition) is 4. The normalized spacial score (nSPS) is 21.8. The smallest absolute Gasteiger partial charge is 0.220 e. The van der Waals surface area contributed by atoms with Crippen LogP contribution in [0.3, 0.4) is 0 Å². The van der Waals surface area contributed by atoms with Crippen LogP contribution < -0.4 is 10.6 Å². The SMILES string of the molecule is CCn1cc([C@@H]2NC(=O)CC[C@H]2NCc2sccc2Br)cn1. The molecule has 1 amide bonds. The van der Waals surface area contributed by atoms with Crippen LogP contribution in [-0.4, -0.2) is 21.7 Å². The van der Waals surface area contributed by atoms with Gasteiger partial charge in [-0.15, -0.1) is 11.3 Å². The second-order valence-electron chi connectivity index (χ2n) is 5.39. The molecule has 1 aliphatic rings. The Balaban J connectivity index is 1.72. The van der Waals surface area contributed by atoms with Crippen LogP contribution in [0.2, 0.25) is 0 Å². The van der Waals surface area contributed by atoms with Crippen LogP contribution in [0.5, 0.6) is 0 Å². The van der Waals surface area contributed by atoms with E-state index < -0.39 is 0 Å². The summed E-state index contributed by atoms with van der Waals surface area (Å²) in [6, 6.07) is 2.27. The third-order valence-electron chi connectivity index (χ3n) is 3.95. The number of rotatable bonds is 5. The summed E-state index contributed by atoms with van der Waals surface area (Å²) >= 11 is 5.29. The summed E-state index contributed by atoms with van der Waals surface area (Å²) in [6.07, 6.45) is 5.29. The monoisotopic (exact) mass is 382 g/mol. The van der Waals surface area contributed by atoms with E-state index in [1.165, 1.54) is 4.88 Å². The molecule has 1 saturated heterocycles. The number of carbonyl (C=O) groups excluding carboxylic acids is 1. The van der Waals surface area contributed by atoms with Gasteiger partial charge in [-0.2, -0.15) is 5.10 Å². The van der Waals surface area contributed by atoms with Crippen molar-refractivity contribution in [3.8, 4) is 0 Å². The molecule has 3 rings (SSSR count). The van der Waals surface area contributed by atoms with Gasteiger partial charge >= 0.3 is 0 Å². The maximum absolute atomic E-state index is 11.8. The van der Waals surface area contributed by atoms with Gasteiger partial charge in [-0.05, 0) is 40.7 Å². The predicted octanol–water partition coefficient (Wildman–Crippen LogP) is 2.84. The van der Waals surface area contributed by atoms with E-state index in [1.807, 2.05) is 17.1 Å². The number of halogens is 1. The summed E-state index contributed by atoms with van der Waals surface area (Å²) in [6.45, 7) is 3.69. The Morgan fingerprint density at radius 2 is 2.45 bits per heavy atom. The van der Waals surface area contributed by atoms with Crippen LogP contribution in [0, 0.1) is 0 Å². The third-order valence-corrected chi connectivity index (χ3v) is 5.88. The van der Waals surface area contributed by atoms with Gasteiger partial charge in [0.15, 0.2) is 0 Å². The van der Waals surface area contributed by atoms with Gasteiger partial charge in [-0.25, -0.2) is 0 Å². The molecule has 0 unspecified atom stereocenters. The number of aromatic nitrogens is 2. The molecule has 0 radical (unpaired) electrons. The molecule has 118 valence electrons. The molecule has 0 aliphatic carbocycles. The highest BCUT2D eigenvalue weighted by Gasteiger charge is 2.30. The average Bonchev–Trinajstić information content (AvgIpc) is 3.15. The quantitative estimate of drug-likeness (QED) is 0.835. The zero-order chi connectivity index (χ0) is 15.5. The first-order valence-corrected chi connectivity index (χ1v) is 9.11. The molecule has 0 bridgehead atoms. The van der Waals surface area contributed by atoms with Crippen LogP contribution in [0.4, 0.5) is 0 Å². The lowest BCUT2D eigenvalue weighted by Gasteiger charge is -2.32. The zero-order valence-electron chi connectivity index (χ0n) is 12.4. The number of aryl methyl sites for hydroxylation is 1. The lowest BCUT2D eigenvalue weighted by Crippen LogP contribution is -2.48. The molecule has 2 atom stereocenters. The van der Waals surface area contributed by atoms with Crippen molar-refractivity contribution in [2.45, 2.75) is 44.9 Å². The van der Waals surface area contributed by atoms with Gasteiger partial charge in [0.25, 0.3) is 0 Å². The molecular formula is C15H19BrN4OS. The first kappa shape index (κ1) is 15.7. The molecular weight excluding hydrogens is 364 g/mol. The van der Waals surface area contributed by atoms with E-state index in [9.17, 15) is 4.79 Å². The molecule has 0 aromatic carbocycles. The highest BCUT2D eigenvalue weighted by molar-refractivity contribution is 9.10. The molecule has 22 heavy (non-hydrogen) atoms. The van der Waals surface area contributed by atoms with Crippen LogP contribution >= 0.6 is 27.3 Å². The van der Waals surface area contributed by atoms with Gasteiger partial charge in [0, 0.05) is 46.7 Å². The summed E-state index contributed by atoms with van der Waals surface area (Å²) in [7, 11) is 0.